The van der Waals surface area contributed by atoms with Crippen LogP contribution in [0.1, 0.15) is 30.0 Å². The quantitative estimate of drug-likeness (QED) is 0.476. The van der Waals surface area contributed by atoms with Gasteiger partial charge in [-0.15, -0.1) is 0 Å². The Kier molecular flexibility index (Phi) is 5.60. The maximum atomic E-state index is 12.2. The van der Waals surface area contributed by atoms with Crippen molar-refractivity contribution in [2.75, 3.05) is 18.8 Å². The molecule has 33 heavy (non-hydrogen) atoms. The van der Waals surface area contributed by atoms with Crippen molar-refractivity contribution in [3.8, 4) is 11.3 Å². The molecule has 1 unspecified atom stereocenters. The third kappa shape index (κ3) is 4.09. The fraction of sp³-hybridized carbons (Fsp3) is 0.231. The number of nitrogens with two attached hydrogens (primary N) is 1. The molecular formula is C26H26N6O. The molecule has 2 aromatic carbocycles. The van der Waals surface area contributed by atoms with Gasteiger partial charge in [0.05, 0.1) is 11.4 Å². The van der Waals surface area contributed by atoms with Crippen molar-refractivity contribution in [3.63, 3.8) is 0 Å². The van der Waals surface area contributed by atoms with E-state index in [1.165, 1.54) is 23.5 Å². The Morgan fingerprint density at radius 2 is 1.85 bits per heavy atom. The lowest BCUT2D eigenvalue weighted by Gasteiger charge is -2.32. The first-order valence-electron chi connectivity index (χ1n) is 11.2. The van der Waals surface area contributed by atoms with Gasteiger partial charge in [-0.2, -0.15) is 5.10 Å². The van der Waals surface area contributed by atoms with Gasteiger partial charge in [-0.1, -0.05) is 61.2 Å². The second kappa shape index (κ2) is 8.86. The van der Waals surface area contributed by atoms with E-state index in [0.717, 1.165) is 42.5 Å². The number of likely N-dealkylation sites (tertiary alicyclic amines) is 1. The number of piperidine rings is 1. The molecule has 2 N–H and O–H groups in total. The van der Waals surface area contributed by atoms with Gasteiger partial charge in [-0.25, -0.2) is 14.6 Å². The Morgan fingerprint density at radius 3 is 2.61 bits per heavy atom. The fourth-order valence-electron chi connectivity index (χ4n) is 4.55. The molecule has 1 saturated heterocycles. The molecule has 1 aliphatic heterocycles. The van der Waals surface area contributed by atoms with E-state index < -0.39 is 0 Å². The summed E-state index contributed by atoms with van der Waals surface area (Å²) in [6, 6.07) is 18.8. The van der Waals surface area contributed by atoms with Crippen LogP contribution in [-0.4, -0.2) is 43.6 Å². The van der Waals surface area contributed by atoms with Crippen molar-refractivity contribution in [1.82, 2.24) is 24.6 Å². The highest BCUT2D eigenvalue weighted by atomic mass is 16.2. The zero-order valence-corrected chi connectivity index (χ0v) is 18.4. The van der Waals surface area contributed by atoms with Gasteiger partial charge in [0.15, 0.2) is 5.65 Å². The molecule has 7 nitrogen and oxygen atoms in total. The first-order valence-corrected chi connectivity index (χ1v) is 11.2. The second-order valence-corrected chi connectivity index (χ2v) is 8.39. The van der Waals surface area contributed by atoms with Crippen LogP contribution in [0.25, 0.3) is 22.3 Å². The lowest BCUT2D eigenvalue weighted by Crippen LogP contribution is -2.40. The SMILES string of the molecule is C=CC(=O)N1CCCC(n2nc(-c3ccc(Cc4ccccc4)cc3)c3c(N)ncnc32)C1. The van der Waals surface area contributed by atoms with E-state index in [-0.39, 0.29) is 11.9 Å². The van der Waals surface area contributed by atoms with Gasteiger partial charge in [0.2, 0.25) is 5.91 Å². The summed E-state index contributed by atoms with van der Waals surface area (Å²) in [6.45, 7) is 4.92. The highest BCUT2D eigenvalue weighted by Gasteiger charge is 2.27. The number of hydrogen-bond donors (Lipinski definition) is 1. The molecule has 1 fully saturated rings. The standard InChI is InChI=1S/C26H26N6O/c1-2-22(33)31-14-6-9-21(16-31)32-26-23(25(27)28-17-29-26)24(30-32)20-12-10-19(11-13-20)15-18-7-4-3-5-8-18/h2-5,7-8,10-13,17,21H,1,6,9,14-16H2,(H2,27,28,29). The number of carbonyl (C=O) groups excluding carboxylic acids is 1. The van der Waals surface area contributed by atoms with Crippen molar-refractivity contribution in [1.29, 1.82) is 0 Å². The molecular weight excluding hydrogens is 412 g/mol. The molecule has 0 aliphatic carbocycles. The molecule has 4 aromatic rings. The molecule has 1 atom stereocenters. The van der Waals surface area contributed by atoms with E-state index >= 15 is 0 Å². The van der Waals surface area contributed by atoms with Crippen LogP contribution < -0.4 is 5.73 Å². The van der Waals surface area contributed by atoms with E-state index in [1.807, 2.05) is 15.6 Å². The number of aromatic nitrogens is 4. The van der Waals surface area contributed by atoms with Crippen molar-refractivity contribution in [2.24, 2.45) is 0 Å². The van der Waals surface area contributed by atoms with Gasteiger partial charge in [-0.3, -0.25) is 4.79 Å². The van der Waals surface area contributed by atoms with Gasteiger partial charge in [0, 0.05) is 18.7 Å². The number of carbonyl (C=O) groups is 1. The molecule has 0 spiro atoms. The van der Waals surface area contributed by atoms with E-state index in [9.17, 15) is 4.79 Å². The maximum absolute atomic E-state index is 12.2. The molecule has 1 aliphatic rings. The predicted octanol–water partition coefficient (Wildman–Crippen LogP) is 4.02. The van der Waals surface area contributed by atoms with Crippen LogP contribution in [0.3, 0.4) is 0 Å². The smallest absolute Gasteiger partial charge is 0.246 e. The second-order valence-electron chi connectivity index (χ2n) is 8.39. The van der Waals surface area contributed by atoms with Crippen LogP contribution in [0.5, 0.6) is 0 Å². The van der Waals surface area contributed by atoms with Gasteiger partial charge >= 0.3 is 0 Å². The van der Waals surface area contributed by atoms with Crippen LogP contribution in [0.4, 0.5) is 5.82 Å². The average Bonchev–Trinajstić information content (AvgIpc) is 3.26. The highest BCUT2D eigenvalue weighted by molar-refractivity contribution is 5.98. The summed E-state index contributed by atoms with van der Waals surface area (Å²) in [6.07, 6.45) is 5.52. The lowest BCUT2D eigenvalue weighted by atomic mass is 10.0. The van der Waals surface area contributed by atoms with Gasteiger partial charge in [0.25, 0.3) is 0 Å². The summed E-state index contributed by atoms with van der Waals surface area (Å²) in [5.41, 5.74) is 11.2. The number of anilines is 1. The van der Waals surface area contributed by atoms with Crippen LogP contribution in [0, 0.1) is 0 Å². The third-order valence-corrected chi connectivity index (χ3v) is 6.23. The number of rotatable bonds is 5. The number of amides is 1. The van der Waals surface area contributed by atoms with Gasteiger partial charge in [0.1, 0.15) is 17.8 Å². The summed E-state index contributed by atoms with van der Waals surface area (Å²) in [5, 5.41) is 5.70. The minimum Gasteiger partial charge on any atom is -0.383 e. The largest absolute Gasteiger partial charge is 0.383 e. The Hall–Kier alpha value is -4.00. The Bertz CT molecular complexity index is 1300. The van der Waals surface area contributed by atoms with Gasteiger partial charge < -0.3 is 10.6 Å². The molecule has 7 heteroatoms. The topological polar surface area (TPSA) is 89.9 Å². The minimum atomic E-state index is -0.0560. The lowest BCUT2D eigenvalue weighted by molar-refractivity contribution is -0.127. The number of nitrogen functional groups attached to an aromatic ring is 1. The van der Waals surface area contributed by atoms with E-state index in [0.29, 0.717) is 18.0 Å². The fourth-order valence-corrected chi connectivity index (χ4v) is 4.55. The third-order valence-electron chi connectivity index (χ3n) is 6.23. The molecule has 2 aromatic heterocycles. The Balaban J connectivity index is 1.50. The number of fused-ring (bicyclic) bond motifs is 1. The first kappa shape index (κ1) is 20.9. The molecule has 166 valence electrons. The van der Waals surface area contributed by atoms with E-state index in [1.54, 1.807) is 0 Å². The van der Waals surface area contributed by atoms with Crippen LogP contribution in [0.15, 0.2) is 73.6 Å². The summed E-state index contributed by atoms with van der Waals surface area (Å²) < 4.78 is 1.92. The van der Waals surface area contributed by atoms with Crippen LogP contribution in [0.2, 0.25) is 0 Å². The number of hydrogen-bond acceptors (Lipinski definition) is 5. The molecule has 0 radical (unpaired) electrons. The Morgan fingerprint density at radius 1 is 1.09 bits per heavy atom. The van der Waals surface area contributed by atoms with Crippen molar-refractivity contribution >= 4 is 22.8 Å². The van der Waals surface area contributed by atoms with Crippen molar-refractivity contribution in [3.05, 3.63) is 84.7 Å². The molecule has 0 saturated carbocycles. The summed E-state index contributed by atoms with van der Waals surface area (Å²) >= 11 is 0. The average molecular weight is 439 g/mol. The molecule has 3 heterocycles. The summed E-state index contributed by atoms with van der Waals surface area (Å²) in [5.74, 6) is 0.351. The van der Waals surface area contributed by atoms with Crippen molar-refractivity contribution < 1.29 is 4.79 Å². The predicted molar refractivity (Wildman–Crippen MR) is 129 cm³/mol. The van der Waals surface area contributed by atoms with Crippen molar-refractivity contribution in [2.45, 2.75) is 25.3 Å². The van der Waals surface area contributed by atoms with Crippen LogP contribution in [-0.2, 0) is 11.2 Å². The number of nitrogens with zero attached hydrogens (tertiary/aromatic N) is 5. The summed E-state index contributed by atoms with van der Waals surface area (Å²) in [4.78, 5) is 22.7. The summed E-state index contributed by atoms with van der Waals surface area (Å²) in [7, 11) is 0. The van der Waals surface area contributed by atoms with Crippen LogP contribution >= 0.6 is 0 Å². The zero-order valence-electron chi connectivity index (χ0n) is 18.4. The monoisotopic (exact) mass is 438 g/mol. The Labute approximate surface area is 192 Å². The van der Waals surface area contributed by atoms with Gasteiger partial charge in [-0.05, 0) is 36.5 Å². The zero-order chi connectivity index (χ0) is 22.8. The minimum absolute atomic E-state index is 0.0190. The normalized spacial score (nSPS) is 16.1. The molecule has 5 rings (SSSR count). The molecule has 0 bridgehead atoms. The maximum Gasteiger partial charge on any atom is 0.246 e. The first-order chi connectivity index (χ1) is 16.1. The molecule has 1 amide bonds. The van der Waals surface area contributed by atoms with E-state index in [2.05, 4.69) is 65.1 Å². The van der Waals surface area contributed by atoms with E-state index in [4.69, 9.17) is 10.8 Å². The highest BCUT2D eigenvalue weighted by Crippen LogP contribution is 2.34. The number of benzene rings is 2.